The molecule has 1 aromatic carbocycles. The third-order valence-electron chi connectivity index (χ3n) is 3.42. The number of ether oxygens (including phenoxy) is 2. The molecular formula is C16H13NO4. The third kappa shape index (κ3) is 1.94. The number of rotatable bonds is 2. The van der Waals surface area contributed by atoms with Gasteiger partial charge in [0.15, 0.2) is 0 Å². The molecule has 5 nitrogen and oxygen atoms in total. The standard InChI is InChI=1S/C16H13NO4/c1-20-15(18)12-9-11-8-7-10-5-3-4-6-13(10)17(11)14(12)16(19)21-2/h3-9H,1-2H3. The Balaban J connectivity index is 2.47. The fourth-order valence-corrected chi connectivity index (χ4v) is 2.48. The van der Waals surface area contributed by atoms with Crippen molar-refractivity contribution in [2.75, 3.05) is 14.2 Å². The van der Waals surface area contributed by atoms with Gasteiger partial charge in [0.2, 0.25) is 0 Å². The van der Waals surface area contributed by atoms with E-state index in [9.17, 15) is 9.59 Å². The third-order valence-corrected chi connectivity index (χ3v) is 3.42. The number of carbonyl (C=O) groups is 2. The van der Waals surface area contributed by atoms with E-state index in [1.807, 2.05) is 36.4 Å². The minimum absolute atomic E-state index is 0.177. The Hall–Kier alpha value is -2.82. The lowest BCUT2D eigenvalue weighted by Gasteiger charge is -2.07. The van der Waals surface area contributed by atoms with Gasteiger partial charge in [-0.15, -0.1) is 0 Å². The normalized spacial score (nSPS) is 10.8. The Kier molecular flexibility index (Phi) is 3.10. The van der Waals surface area contributed by atoms with Crippen LogP contribution < -0.4 is 0 Å². The van der Waals surface area contributed by atoms with Crippen molar-refractivity contribution >= 4 is 28.4 Å². The highest BCUT2D eigenvalue weighted by Crippen LogP contribution is 2.24. The Bertz CT molecular complexity index is 863. The van der Waals surface area contributed by atoms with Gasteiger partial charge in [0.05, 0.1) is 25.3 Å². The molecule has 3 aromatic rings. The fourth-order valence-electron chi connectivity index (χ4n) is 2.48. The van der Waals surface area contributed by atoms with Crippen molar-refractivity contribution in [1.29, 1.82) is 0 Å². The van der Waals surface area contributed by atoms with Gasteiger partial charge in [0.25, 0.3) is 0 Å². The second-order valence-electron chi connectivity index (χ2n) is 4.54. The number of nitrogens with zero attached hydrogens (tertiary/aromatic N) is 1. The van der Waals surface area contributed by atoms with Crippen LogP contribution in [-0.2, 0) is 9.47 Å². The van der Waals surface area contributed by atoms with Crippen LogP contribution in [0.5, 0.6) is 0 Å². The Morgan fingerprint density at radius 3 is 2.38 bits per heavy atom. The van der Waals surface area contributed by atoms with Crippen LogP contribution in [0, 0.1) is 0 Å². The molecule has 0 amide bonds. The quantitative estimate of drug-likeness (QED) is 0.678. The smallest absolute Gasteiger partial charge is 0.355 e. The van der Waals surface area contributed by atoms with Crippen LogP contribution in [0.15, 0.2) is 42.5 Å². The number of esters is 2. The molecule has 106 valence electrons. The van der Waals surface area contributed by atoms with Gasteiger partial charge >= 0.3 is 11.9 Å². The number of benzene rings is 1. The van der Waals surface area contributed by atoms with Gasteiger partial charge in [-0.3, -0.25) is 0 Å². The molecule has 0 saturated heterocycles. The van der Waals surface area contributed by atoms with Crippen LogP contribution >= 0.6 is 0 Å². The van der Waals surface area contributed by atoms with E-state index in [1.54, 1.807) is 10.5 Å². The maximum Gasteiger partial charge on any atom is 0.355 e. The van der Waals surface area contributed by atoms with Gasteiger partial charge in [-0.25, -0.2) is 9.59 Å². The molecule has 5 heteroatoms. The van der Waals surface area contributed by atoms with Gasteiger partial charge in [0.1, 0.15) is 5.69 Å². The van der Waals surface area contributed by atoms with Crippen LogP contribution in [-0.4, -0.2) is 30.6 Å². The second kappa shape index (κ2) is 4.94. The van der Waals surface area contributed by atoms with Crippen molar-refractivity contribution in [3.63, 3.8) is 0 Å². The minimum atomic E-state index is -0.577. The lowest BCUT2D eigenvalue weighted by molar-refractivity contribution is 0.0551. The number of hydrogen-bond acceptors (Lipinski definition) is 4. The molecule has 3 rings (SSSR count). The highest BCUT2D eigenvalue weighted by molar-refractivity contribution is 6.05. The van der Waals surface area contributed by atoms with E-state index < -0.39 is 11.9 Å². The zero-order valence-corrected chi connectivity index (χ0v) is 11.6. The topological polar surface area (TPSA) is 57.0 Å². The Morgan fingerprint density at radius 2 is 1.67 bits per heavy atom. The van der Waals surface area contributed by atoms with Crippen molar-refractivity contribution in [3.8, 4) is 0 Å². The number of para-hydroxylation sites is 1. The number of methoxy groups -OCH3 is 2. The maximum atomic E-state index is 12.1. The molecule has 0 aliphatic heterocycles. The summed E-state index contributed by atoms with van der Waals surface area (Å²) in [6.45, 7) is 0. The lowest BCUT2D eigenvalue weighted by atomic mass is 10.2. The summed E-state index contributed by atoms with van der Waals surface area (Å²) in [5, 5.41) is 0.960. The average Bonchev–Trinajstić information content (AvgIpc) is 2.93. The van der Waals surface area contributed by atoms with Crippen LogP contribution in [0.2, 0.25) is 0 Å². The van der Waals surface area contributed by atoms with Crippen molar-refractivity contribution < 1.29 is 19.1 Å². The second-order valence-corrected chi connectivity index (χ2v) is 4.54. The average molecular weight is 283 g/mol. The summed E-state index contributed by atoms with van der Waals surface area (Å²) in [6.07, 6.45) is 0. The molecule has 2 heterocycles. The molecule has 21 heavy (non-hydrogen) atoms. The summed E-state index contributed by atoms with van der Waals surface area (Å²) < 4.78 is 11.3. The van der Waals surface area contributed by atoms with E-state index in [4.69, 9.17) is 9.47 Å². The fraction of sp³-hybridized carbons (Fsp3) is 0.125. The molecule has 2 aromatic heterocycles. The first-order valence-corrected chi connectivity index (χ1v) is 6.37. The molecule has 0 aliphatic carbocycles. The van der Waals surface area contributed by atoms with Crippen LogP contribution in [0.1, 0.15) is 20.8 Å². The van der Waals surface area contributed by atoms with E-state index in [-0.39, 0.29) is 11.3 Å². The van der Waals surface area contributed by atoms with Crippen molar-refractivity contribution in [2.45, 2.75) is 0 Å². The van der Waals surface area contributed by atoms with E-state index in [2.05, 4.69) is 0 Å². The predicted octanol–water partition coefficient (Wildman–Crippen LogP) is 2.67. The van der Waals surface area contributed by atoms with E-state index in [1.165, 1.54) is 14.2 Å². The number of fused-ring (bicyclic) bond motifs is 3. The highest BCUT2D eigenvalue weighted by atomic mass is 16.5. The summed E-state index contributed by atoms with van der Waals surface area (Å²) in [5.74, 6) is -1.14. The predicted molar refractivity (Wildman–Crippen MR) is 77.6 cm³/mol. The molecule has 0 atom stereocenters. The van der Waals surface area contributed by atoms with Crippen LogP contribution in [0.4, 0.5) is 0 Å². The molecule has 0 unspecified atom stereocenters. The summed E-state index contributed by atoms with van der Waals surface area (Å²) in [6, 6.07) is 13.0. The van der Waals surface area contributed by atoms with Gasteiger partial charge in [0, 0.05) is 5.52 Å². The van der Waals surface area contributed by atoms with Crippen LogP contribution in [0.25, 0.3) is 16.4 Å². The molecule has 0 spiro atoms. The lowest BCUT2D eigenvalue weighted by Crippen LogP contribution is -2.12. The molecule has 0 radical (unpaired) electrons. The SMILES string of the molecule is COC(=O)c1cc2ccc3ccccc3n2c1C(=O)OC. The first kappa shape index (κ1) is 13.2. The van der Waals surface area contributed by atoms with E-state index >= 15 is 0 Å². The van der Waals surface area contributed by atoms with Gasteiger partial charge in [-0.05, 0) is 23.6 Å². The maximum absolute atomic E-state index is 12.1. The van der Waals surface area contributed by atoms with Crippen molar-refractivity contribution in [1.82, 2.24) is 4.40 Å². The van der Waals surface area contributed by atoms with Gasteiger partial charge < -0.3 is 13.9 Å². The molecule has 0 aliphatic rings. The first-order valence-electron chi connectivity index (χ1n) is 6.37. The van der Waals surface area contributed by atoms with Crippen molar-refractivity contribution in [3.05, 3.63) is 53.7 Å². The Labute approximate surface area is 120 Å². The van der Waals surface area contributed by atoms with E-state index in [0.29, 0.717) is 0 Å². The number of aromatic nitrogens is 1. The van der Waals surface area contributed by atoms with E-state index in [0.717, 1.165) is 16.4 Å². The molecular weight excluding hydrogens is 270 g/mol. The molecule has 0 saturated carbocycles. The molecule has 0 fully saturated rings. The summed E-state index contributed by atoms with van der Waals surface area (Å²) in [5.41, 5.74) is 1.93. The first-order chi connectivity index (χ1) is 10.2. The number of carbonyl (C=O) groups excluding carboxylic acids is 2. The molecule has 0 bridgehead atoms. The summed E-state index contributed by atoms with van der Waals surface area (Å²) in [7, 11) is 2.57. The Morgan fingerprint density at radius 1 is 0.952 bits per heavy atom. The highest BCUT2D eigenvalue weighted by Gasteiger charge is 2.24. The minimum Gasteiger partial charge on any atom is -0.465 e. The number of hydrogen-bond donors (Lipinski definition) is 0. The van der Waals surface area contributed by atoms with Gasteiger partial charge in [-0.1, -0.05) is 24.3 Å². The zero-order valence-electron chi connectivity index (χ0n) is 11.6. The number of pyridine rings is 1. The monoisotopic (exact) mass is 283 g/mol. The zero-order chi connectivity index (χ0) is 15.0. The molecule has 0 N–H and O–H groups in total. The van der Waals surface area contributed by atoms with Gasteiger partial charge in [-0.2, -0.15) is 0 Å². The largest absolute Gasteiger partial charge is 0.465 e. The summed E-state index contributed by atoms with van der Waals surface area (Å²) >= 11 is 0. The van der Waals surface area contributed by atoms with Crippen LogP contribution in [0.3, 0.4) is 0 Å². The summed E-state index contributed by atoms with van der Waals surface area (Å²) in [4.78, 5) is 24.0. The van der Waals surface area contributed by atoms with Crippen molar-refractivity contribution in [2.24, 2.45) is 0 Å².